The van der Waals surface area contributed by atoms with E-state index in [9.17, 15) is 13.2 Å². The molecule has 0 saturated heterocycles. The third-order valence-corrected chi connectivity index (χ3v) is 5.55. The van der Waals surface area contributed by atoms with E-state index in [2.05, 4.69) is 23.3 Å². The molecule has 0 bridgehead atoms. The Hall–Kier alpha value is -2.22. The Kier molecular flexibility index (Phi) is 6.52. The van der Waals surface area contributed by atoms with Crippen LogP contribution in [0.15, 0.2) is 53.4 Å². The molecule has 0 aliphatic heterocycles. The summed E-state index contributed by atoms with van der Waals surface area (Å²) in [5.74, 6) is -0.0967. The molecule has 0 fully saturated rings. The van der Waals surface area contributed by atoms with Crippen molar-refractivity contribution in [1.29, 1.82) is 0 Å². The molecule has 2 rings (SSSR count). The third kappa shape index (κ3) is 4.91. The molecule has 1 atom stereocenters. The van der Waals surface area contributed by atoms with Crippen LogP contribution < -0.4 is 10.5 Å². The fraction of sp³-hybridized carbons (Fsp3) is 0.316. The van der Waals surface area contributed by atoms with Crippen LogP contribution in [-0.2, 0) is 14.8 Å². The Morgan fingerprint density at radius 2 is 1.58 bits per heavy atom. The van der Waals surface area contributed by atoms with Gasteiger partial charge in [-0.15, -0.1) is 0 Å². The number of benzene rings is 2. The number of nitrogens with one attached hydrogen (secondary N) is 1. The second kappa shape index (κ2) is 8.44. The van der Waals surface area contributed by atoms with Crippen molar-refractivity contribution in [3.8, 4) is 0 Å². The first-order valence-electron chi connectivity index (χ1n) is 8.28. The van der Waals surface area contributed by atoms with E-state index in [1.165, 1.54) is 36.9 Å². The van der Waals surface area contributed by atoms with E-state index < -0.39 is 22.0 Å². The first-order chi connectivity index (χ1) is 12.2. The van der Waals surface area contributed by atoms with Gasteiger partial charge in [0.15, 0.2) is 0 Å². The second-order valence-electron chi connectivity index (χ2n) is 6.30. The minimum atomic E-state index is -3.72. The maximum Gasteiger partial charge on any atom is 0.337 e. The van der Waals surface area contributed by atoms with Gasteiger partial charge in [-0.2, -0.15) is 0 Å². The lowest BCUT2D eigenvalue weighted by atomic mass is 9.99. The van der Waals surface area contributed by atoms with Crippen molar-refractivity contribution in [3.05, 3.63) is 65.2 Å². The van der Waals surface area contributed by atoms with E-state index in [4.69, 9.17) is 5.73 Å². The molecule has 26 heavy (non-hydrogen) atoms. The largest absolute Gasteiger partial charge is 0.465 e. The maximum atomic E-state index is 12.4. The molecule has 0 aliphatic rings. The van der Waals surface area contributed by atoms with Crippen molar-refractivity contribution >= 4 is 16.0 Å². The normalized spacial score (nSPS) is 12.8. The maximum absolute atomic E-state index is 12.4. The fourth-order valence-corrected chi connectivity index (χ4v) is 3.48. The Morgan fingerprint density at radius 3 is 2.08 bits per heavy atom. The highest BCUT2D eigenvalue weighted by atomic mass is 32.2. The summed E-state index contributed by atoms with van der Waals surface area (Å²) in [6.45, 7) is 4.28. The van der Waals surface area contributed by atoms with Crippen LogP contribution in [0.1, 0.15) is 47.3 Å². The molecule has 140 valence electrons. The number of hydrogen-bond acceptors (Lipinski definition) is 5. The summed E-state index contributed by atoms with van der Waals surface area (Å²) < 4.78 is 31.9. The summed E-state index contributed by atoms with van der Waals surface area (Å²) in [6.07, 6.45) is 0. The van der Waals surface area contributed by atoms with E-state index in [-0.39, 0.29) is 17.0 Å². The Morgan fingerprint density at radius 1 is 1.04 bits per heavy atom. The molecule has 0 radical (unpaired) electrons. The number of rotatable bonds is 7. The highest BCUT2D eigenvalue weighted by Crippen LogP contribution is 2.18. The van der Waals surface area contributed by atoms with Gasteiger partial charge < -0.3 is 10.5 Å². The van der Waals surface area contributed by atoms with Crippen LogP contribution in [-0.4, -0.2) is 28.0 Å². The molecule has 0 spiro atoms. The van der Waals surface area contributed by atoms with Crippen LogP contribution >= 0.6 is 0 Å². The number of sulfonamides is 1. The summed E-state index contributed by atoms with van der Waals surface area (Å²) in [4.78, 5) is 11.5. The van der Waals surface area contributed by atoms with Gasteiger partial charge in [-0.3, -0.25) is 0 Å². The minimum Gasteiger partial charge on any atom is -0.465 e. The molecule has 2 aromatic rings. The number of esters is 1. The highest BCUT2D eigenvalue weighted by Gasteiger charge is 2.17. The van der Waals surface area contributed by atoms with Gasteiger partial charge in [0.05, 0.1) is 17.6 Å². The number of methoxy groups -OCH3 is 1. The summed E-state index contributed by atoms with van der Waals surface area (Å²) >= 11 is 0. The van der Waals surface area contributed by atoms with Crippen LogP contribution in [0.4, 0.5) is 0 Å². The molecule has 7 heteroatoms. The number of hydrogen-bond donors (Lipinski definition) is 2. The molecule has 0 aliphatic carbocycles. The van der Waals surface area contributed by atoms with Gasteiger partial charge in [0.1, 0.15) is 0 Å². The molecule has 3 N–H and O–H groups in total. The van der Waals surface area contributed by atoms with Gasteiger partial charge >= 0.3 is 5.97 Å². The first kappa shape index (κ1) is 20.1. The van der Waals surface area contributed by atoms with Gasteiger partial charge in [0, 0.05) is 12.6 Å². The fourth-order valence-electron chi connectivity index (χ4n) is 2.42. The van der Waals surface area contributed by atoms with Gasteiger partial charge in [0.25, 0.3) is 0 Å². The number of nitrogens with two attached hydrogens (primary N) is 1. The average molecular weight is 376 g/mol. The van der Waals surface area contributed by atoms with Crippen molar-refractivity contribution in [2.75, 3.05) is 13.7 Å². The van der Waals surface area contributed by atoms with Gasteiger partial charge in [0.2, 0.25) is 10.0 Å². The molecule has 0 amide bonds. The standard InChI is InChI=1S/C19H24N2O4S/c1-13(2)14-4-6-15(7-5-14)18(20)12-21-26(23,24)17-10-8-16(9-11-17)19(22)25-3/h4-11,13,18,21H,12,20H2,1-3H3. The van der Waals surface area contributed by atoms with Crippen LogP contribution in [0.3, 0.4) is 0 Å². The molecule has 2 aromatic carbocycles. The summed E-state index contributed by atoms with van der Waals surface area (Å²) in [6, 6.07) is 12.9. The van der Waals surface area contributed by atoms with Crippen LogP contribution in [0.5, 0.6) is 0 Å². The molecule has 6 nitrogen and oxygen atoms in total. The lowest BCUT2D eigenvalue weighted by Crippen LogP contribution is -2.32. The molecular weight excluding hydrogens is 352 g/mol. The van der Waals surface area contributed by atoms with E-state index in [1.54, 1.807) is 0 Å². The zero-order valence-corrected chi connectivity index (χ0v) is 15.9. The zero-order valence-electron chi connectivity index (χ0n) is 15.1. The molecule has 0 aromatic heterocycles. The second-order valence-corrected chi connectivity index (χ2v) is 8.06. The lowest BCUT2D eigenvalue weighted by Gasteiger charge is -2.15. The Bertz CT molecular complexity index is 844. The van der Waals surface area contributed by atoms with Crippen LogP contribution in [0.2, 0.25) is 0 Å². The minimum absolute atomic E-state index is 0.0625. The number of carbonyl (C=O) groups is 1. The van der Waals surface area contributed by atoms with E-state index >= 15 is 0 Å². The van der Waals surface area contributed by atoms with Gasteiger partial charge in [-0.1, -0.05) is 38.1 Å². The Labute approximate surface area is 154 Å². The summed E-state index contributed by atoms with van der Waals surface area (Å²) in [5, 5.41) is 0. The van der Waals surface area contributed by atoms with Crippen molar-refractivity contribution in [3.63, 3.8) is 0 Å². The quantitative estimate of drug-likeness (QED) is 0.724. The van der Waals surface area contributed by atoms with E-state index in [1.807, 2.05) is 24.3 Å². The first-order valence-corrected chi connectivity index (χ1v) is 9.76. The molecule has 1 unspecified atom stereocenters. The number of ether oxygens (including phenoxy) is 1. The van der Waals surface area contributed by atoms with Crippen molar-refractivity contribution in [2.45, 2.75) is 30.7 Å². The molecule has 0 saturated carbocycles. The Balaban J connectivity index is 2.03. The van der Waals surface area contributed by atoms with E-state index in [0.29, 0.717) is 5.92 Å². The molecule has 0 heterocycles. The lowest BCUT2D eigenvalue weighted by molar-refractivity contribution is 0.0600. The van der Waals surface area contributed by atoms with Crippen LogP contribution in [0.25, 0.3) is 0 Å². The third-order valence-electron chi connectivity index (χ3n) is 4.11. The SMILES string of the molecule is COC(=O)c1ccc(S(=O)(=O)NCC(N)c2ccc(C(C)C)cc2)cc1. The summed E-state index contributed by atoms with van der Waals surface area (Å²) in [7, 11) is -2.45. The van der Waals surface area contributed by atoms with Crippen molar-refractivity contribution < 1.29 is 17.9 Å². The van der Waals surface area contributed by atoms with Gasteiger partial charge in [-0.25, -0.2) is 17.9 Å². The average Bonchev–Trinajstić information content (AvgIpc) is 2.65. The van der Waals surface area contributed by atoms with Crippen molar-refractivity contribution in [1.82, 2.24) is 4.72 Å². The topological polar surface area (TPSA) is 98.5 Å². The highest BCUT2D eigenvalue weighted by molar-refractivity contribution is 7.89. The predicted molar refractivity (Wildman–Crippen MR) is 100 cm³/mol. The predicted octanol–water partition coefficient (Wildman–Crippen LogP) is 2.57. The van der Waals surface area contributed by atoms with E-state index in [0.717, 1.165) is 5.56 Å². The molecular formula is C19H24N2O4S. The number of carbonyl (C=O) groups excluding carboxylic acids is 1. The monoisotopic (exact) mass is 376 g/mol. The zero-order chi connectivity index (χ0) is 19.3. The van der Waals surface area contributed by atoms with Crippen molar-refractivity contribution in [2.24, 2.45) is 5.73 Å². The summed E-state index contributed by atoms with van der Waals surface area (Å²) in [5.41, 5.74) is 8.45. The smallest absolute Gasteiger partial charge is 0.337 e. The van der Waals surface area contributed by atoms with Crippen LogP contribution in [0, 0.1) is 0 Å². The van der Waals surface area contributed by atoms with Gasteiger partial charge in [-0.05, 0) is 41.3 Å².